The number of furan rings is 1. The van der Waals surface area contributed by atoms with Gasteiger partial charge >= 0.3 is 0 Å². The summed E-state index contributed by atoms with van der Waals surface area (Å²) < 4.78 is 9.32. The fraction of sp³-hybridized carbons (Fsp3) is 0.324. The molecule has 2 aliphatic rings. The molecule has 2 heteroatoms. The van der Waals surface area contributed by atoms with Crippen LogP contribution >= 0.6 is 0 Å². The Balaban J connectivity index is 1.57. The number of aromatic nitrogens is 1. The topological polar surface area (TPSA) is 17.0 Å². The van der Waals surface area contributed by atoms with Crippen LogP contribution in [-0.4, -0.2) is 0 Å². The summed E-state index contributed by atoms with van der Waals surface area (Å²) in [4.78, 5) is 0. The number of fused-ring (bicyclic) bond motifs is 9. The van der Waals surface area contributed by atoms with Crippen LogP contribution in [0.5, 0.6) is 0 Å². The molecule has 0 unspecified atom stereocenters. The van der Waals surface area contributed by atoms with Gasteiger partial charge in [0.05, 0.1) is 5.56 Å². The fourth-order valence-electron chi connectivity index (χ4n) is 7.46. The summed E-state index contributed by atoms with van der Waals surface area (Å²) in [7, 11) is 2.16. The van der Waals surface area contributed by atoms with Crippen LogP contribution in [0.3, 0.4) is 0 Å². The van der Waals surface area contributed by atoms with E-state index in [9.17, 15) is 0 Å². The van der Waals surface area contributed by atoms with E-state index in [0.717, 1.165) is 11.2 Å². The van der Waals surface area contributed by atoms with Crippen molar-refractivity contribution in [3.63, 3.8) is 0 Å². The number of nitrogens with zero attached hydrogens (tertiary/aromatic N) is 1. The van der Waals surface area contributed by atoms with Crippen molar-refractivity contribution < 1.29 is 8.98 Å². The molecule has 1 saturated carbocycles. The lowest BCUT2D eigenvalue weighted by atomic mass is 9.76. The van der Waals surface area contributed by atoms with E-state index in [0.29, 0.717) is 5.92 Å². The molecule has 0 radical (unpaired) electrons. The Bertz CT molecular complexity index is 1690. The van der Waals surface area contributed by atoms with Crippen molar-refractivity contribution in [2.24, 2.45) is 7.05 Å². The molecule has 36 heavy (non-hydrogen) atoms. The molecule has 2 aliphatic carbocycles. The molecule has 2 nitrogen and oxygen atoms in total. The van der Waals surface area contributed by atoms with Crippen molar-refractivity contribution in [2.75, 3.05) is 0 Å². The summed E-state index contributed by atoms with van der Waals surface area (Å²) in [6, 6.07) is 20.7. The molecular weight excluding hydrogens is 438 g/mol. The Morgan fingerprint density at radius 3 is 2.33 bits per heavy atom. The third-order valence-corrected chi connectivity index (χ3v) is 9.08. The number of aryl methyl sites for hydroxylation is 3. The van der Waals surface area contributed by atoms with E-state index in [-0.39, 0.29) is 5.41 Å². The second kappa shape index (κ2) is 7.56. The van der Waals surface area contributed by atoms with E-state index in [1.54, 1.807) is 0 Å². The lowest BCUT2D eigenvalue weighted by molar-refractivity contribution is -0.660. The maximum atomic E-state index is 7.05. The molecule has 2 heterocycles. The molecule has 2 aromatic heterocycles. The van der Waals surface area contributed by atoms with Crippen LogP contribution in [0.4, 0.5) is 0 Å². The van der Waals surface area contributed by atoms with Crippen LogP contribution in [0.2, 0.25) is 0 Å². The quantitative estimate of drug-likeness (QED) is 0.235. The standard InChI is InChI=1S/C34H34NO/c1-20(2)27-18-29(35(5)19-22(27)4)30-21(3)12-13-25-26-15-14-24-23-10-6-7-11-28(23)34(16-8-9-17-34)31(24)33(26)36-32(25)30/h6-7,10-15,18-20H,8-9,16-17H2,1-5H3/q+1. The highest BCUT2D eigenvalue weighted by Gasteiger charge is 2.47. The molecule has 0 bridgehead atoms. The van der Waals surface area contributed by atoms with Crippen molar-refractivity contribution in [2.45, 2.75) is 64.7 Å². The number of benzene rings is 3. The van der Waals surface area contributed by atoms with Gasteiger partial charge in [0.2, 0.25) is 5.69 Å². The molecule has 0 aliphatic heterocycles. The van der Waals surface area contributed by atoms with Crippen LogP contribution in [0, 0.1) is 13.8 Å². The molecule has 5 aromatic rings. The van der Waals surface area contributed by atoms with Crippen LogP contribution < -0.4 is 4.57 Å². The predicted octanol–water partition coefficient (Wildman–Crippen LogP) is 8.66. The van der Waals surface area contributed by atoms with E-state index in [2.05, 4.69) is 100 Å². The van der Waals surface area contributed by atoms with Gasteiger partial charge in [-0.05, 0) is 66.5 Å². The van der Waals surface area contributed by atoms with Gasteiger partial charge in [0.15, 0.2) is 6.20 Å². The van der Waals surface area contributed by atoms with Crippen molar-refractivity contribution >= 4 is 21.9 Å². The first kappa shape index (κ1) is 21.9. The molecule has 3 aromatic carbocycles. The Kier molecular flexibility index (Phi) is 4.59. The van der Waals surface area contributed by atoms with E-state index in [4.69, 9.17) is 4.42 Å². The minimum Gasteiger partial charge on any atom is -0.455 e. The van der Waals surface area contributed by atoms with Gasteiger partial charge < -0.3 is 4.42 Å². The molecule has 1 spiro atoms. The second-order valence-corrected chi connectivity index (χ2v) is 11.5. The van der Waals surface area contributed by atoms with Crippen molar-refractivity contribution in [3.8, 4) is 22.4 Å². The summed E-state index contributed by atoms with van der Waals surface area (Å²) in [5.41, 5.74) is 14.4. The average Bonchev–Trinajstić information content (AvgIpc) is 3.56. The summed E-state index contributed by atoms with van der Waals surface area (Å²) in [5, 5.41) is 2.48. The molecule has 180 valence electrons. The zero-order valence-electron chi connectivity index (χ0n) is 22.0. The lowest BCUT2D eigenvalue weighted by Crippen LogP contribution is -2.32. The minimum atomic E-state index is 0.0911. The minimum absolute atomic E-state index is 0.0911. The first-order valence-corrected chi connectivity index (χ1v) is 13.5. The first-order valence-electron chi connectivity index (χ1n) is 13.5. The van der Waals surface area contributed by atoms with Gasteiger partial charge in [-0.25, -0.2) is 4.57 Å². The molecule has 7 rings (SSSR count). The van der Waals surface area contributed by atoms with Gasteiger partial charge in [-0.1, -0.05) is 69.2 Å². The monoisotopic (exact) mass is 472 g/mol. The molecule has 0 saturated heterocycles. The van der Waals surface area contributed by atoms with Gasteiger partial charge in [0.1, 0.15) is 18.2 Å². The Morgan fingerprint density at radius 2 is 1.56 bits per heavy atom. The third-order valence-electron chi connectivity index (χ3n) is 9.08. The molecular formula is C34H34NO+. The zero-order chi connectivity index (χ0) is 24.8. The van der Waals surface area contributed by atoms with Gasteiger partial charge in [-0.3, -0.25) is 0 Å². The third kappa shape index (κ3) is 2.76. The maximum Gasteiger partial charge on any atom is 0.216 e. The van der Waals surface area contributed by atoms with Gasteiger partial charge in [0.25, 0.3) is 0 Å². The van der Waals surface area contributed by atoms with Crippen molar-refractivity contribution in [3.05, 3.63) is 88.6 Å². The van der Waals surface area contributed by atoms with Gasteiger partial charge in [0, 0.05) is 33.4 Å². The van der Waals surface area contributed by atoms with Crippen LogP contribution in [-0.2, 0) is 12.5 Å². The Labute approximate surface area is 213 Å². The largest absolute Gasteiger partial charge is 0.455 e. The fourth-order valence-corrected chi connectivity index (χ4v) is 7.46. The number of rotatable bonds is 2. The molecule has 1 fully saturated rings. The molecule has 0 amide bonds. The number of hydrogen-bond acceptors (Lipinski definition) is 1. The van der Waals surface area contributed by atoms with E-state index in [1.165, 1.54) is 86.7 Å². The predicted molar refractivity (Wildman–Crippen MR) is 149 cm³/mol. The normalized spacial score (nSPS) is 15.9. The SMILES string of the molecule is Cc1c[n+](C)c(-c2c(C)ccc3c2oc2c4c(ccc23)-c2ccccc2C42CCCC2)cc1C(C)C. The highest BCUT2D eigenvalue weighted by Crippen LogP contribution is 2.59. The summed E-state index contributed by atoms with van der Waals surface area (Å²) in [5.74, 6) is 0.476. The van der Waals surface area contributed by atoms with Crippen molar-refractivity contribution in [1.29, 1.82) is 0 Å². The number of pyridine rings is 1. The van der Waals surface area contributed by atoms with E-state index >= 15 is 0 Å². The van der Waals surface area contributed by atoms with Gasteiger partial charge in [-0.2, -0.15) is 0 Å². The smallest absolute Gasteiger partial charge is 0.216 e. The van der Waals surface area contributed by atoms with Crippen LogP contribution in [0.25, 0.3) is 44.3 Å². The van der Waals surface area contributed by atoms with E-state index in [1.807, 2.05) is 0 Å². The highest BCUT2D eigenvalue weighted by atomic mass is 16.3. The zero-order valence-corrected chi connectivity index (χ0v) is 22.0. The number of hydrogen-bond donors (Lipinski definition) is 0. The average molecular weight is 473 g/mol. The van der Waals surface area contributed by atoms with Crippen molar-refractivity contribution in [1.82, 2.24) is 0 Å². The van der Waals surface area contributed by atoms with Gasteiger partial charge in [-0.15, -0.1) is 0 Å². The Hall–Kier alpha value is -3.39. The maximum absolute atomic E-state index is 7.05. The Morgan fingerprint density at radius 1 is 0.833 bits per heavy atom. The summed E-state index contributed by atoms with van der Waals surface area (Å²) in [6.45, 7) is 9.00. The highest BCUT2D eigenvalue weighted by molar-refractivity contribution is 6.12. The molecule has 0 atom stereocenters. The summed E-state index contributed by atoms with van der Waals surface area (Å²) >= 11 is 0. The van der Waals surface area contributed by atoms with Crippen LogP contribution in [0.1, 0.15) is 73.3 Å². The van der Waals surface area contributed by atoms with E-state index < -0.39 is 0 Å². The molecule has 0 N–H and O–H groups in total. The first-order chi connectivity index (χ1) is 17.4. The second-order valence-electron chi connectivity index (χ2n) is 11.5. The van der Waals surface area contributed by atoms with Crippen LogP contribution in [0.15, 0.2) is 65.2 Å². The summed E-state index contributed by atoms with van der Waals surface area (Å²) in [6.07, 6.45) is 7.26. The lowest BCUT2D eigenvalue weighted by Gasteiger charge is -2.26.